The van der Waals surface area contributed by atoms with Crippen LogP contribution in [0.25, 0.3) is 0 Å². The quantitative estimate of drug-likeness (QED) is 0.640. The van der Waals surface area contributed by atoms with E-state index in [-0.39, 0.29) is 12.5 Å². The lowest BCUT2D eigenvalue weighted by Crippen LogP contribution is -2.37. The molecule has 1 amide bonds. The third-order valence-electron chi connectivity index (χ3n) is 2.74. The molecule has 1 rings (SSSR count). The molecule has 5 heteroatoms. The van der Waals surface area contributed by atoms with Crippen LogP contribution in [0, 0.1) is 0 Å². The Hall–Kier alpha value is -2.04. The van der Waals surface area contributed by atoms with E-state index < -0.39 is 0 Å². The smallest absolute Gasteiger partial charge is 0.241 e. The number of carbonyl (C=O) groups is 1. The SMILES string of the molecule is CN(C)C(=NCC(=O)NCCc1ccccc1)N(C)C. The maximum atomic E-state index is 11.7. The molecule has 0 bridgehead atoms. The summed E-state index contributed by atoms with van der Waals surface area (Å²) in [5, 5.41) is 2.88. The first-order valence-electron chi connectivity index (χ1n) is 6.70. The normalized spacial score (nSPS) is 9.80. The van der Waals surface area contributed by atoms with Crippen molar-refractivity contribution in [3.8, 4) is 0 Å². The summed E-state index contributed by atoms with van der Waals surface area (Å²) < 4.78 is 0. The fraction of sp³-hybridized carbons (Fsp3) is 0.467. The first-order valence-corrected chi connectivity index (χ1v) is 6.70. The minimum absolute atomic E-state index is 0.0536. The Balaban J connectivity index is 2.35. The highest BCUT2D eigenvalue weighted by Gasteiger charge is 2.06. The number of carbonyl (C=O) groups excluding carboxylic acids is 1. The lowest BCUT2D eigenvalue weighted by molar-refractivity contribution is -0.119. The summed E-state index contributed by atoms with van der Waals surface area (Å²) in [5.74, 6) is 0.727. The third kappa shape index (κ3) is 5.73. The molecule has 0 aliphatic rings. The van der Waals surface area contributed by atoms with E-state index in [1.807, 2.05) is 56.2 Å². The van der Waals surface area contributed by atoms with Crippen LogP contribution in [0.4, 0.5) is 0 Å². The highest BCUT2D eigenvalue weighted by Crippen LogP contribution is 1.98. The second-order valence-corrected chi connectivity index (χ2v) is 4.99. The fourth-order valence-corrected chi connectivity index (χ4v) is 1.87. The zero-order chi connectivity index (χ0) is 15.0. The third-order valence-corrected chi connectivity index (χ3v) is 2.74. The molecule has 20 heavy (non-hydrogen) atoms. The summed E-state index contributed by atoms with van der Waals surface area (Å²) in [7, 11) is 7.64. The minimum Gasteiger partial charge on any atom is -0.354 e. The van der Waals surface area contributed by atoms with Gasteiger partial charge in [0.25, 0.3) is 0 Å². The van der Waals surface area contributed by atoms with Crippen LogP contribution in [-0.2, 0) is 11.2 Å². The molecule has 0 saturated carbocycles. The number of nitrogens with one attached hydrogen (secondary N) is 1. The van der Waals surface area contributed by atoms with Gasteiger partial charge in [0.15, 0.2) is 5.96 Å². The number of aliphatic imine (C=N–C) groups is 1. The van der Waals surface area contributed by atoms with Crippen molar-refractivity contribution in [3.05, 3.63) is 35.9 Å². The standard InChI is InChI=1S/C15H24N4O/c1-18(2)15(19(3)4)17-12-14(20)16-11-10-13-8-6-5-7-9-13/h5-9H,10-12H2,1-4H3,(H,16,20). The number of hydrogen-bond acceptors (Lipinski definition) is 2. The number of amides is 1. The van der Waals surface area contributed by atoms with Gasteiger partial charge in [0.05, 0.1) is 0 Å². The molecular formula is C15H24N4O. The number of benzene rings is 1. The van der Waals surface area contributed by atoms with Crippen LogP contribution >= 0.6 is 0 Å². The molecule has 0 heterocycles. The van der Waals surface area contributed by atoms with E-state index in [1.54, 1.807) is 0 Å². The maximum absolute atomic E-state index is 11.7. The second-order valence-electron chi connectivity index (χ2n) is 4.99. The van der Waals surface area contributed by atoms with Crippen molar-refractivity contribution < 1.29 is 4.79 Å². The van der Waals surface area contributed by atoms with Crippen molar-refractivity contribution in [1.29, 1.82) is 0 Å². The number of rotatable bonds is 5. The van der Waals surface area contributed by atoms with Gasteiger partial charge in [0, 0.05) is 34.7 Å². The van der Waals surface area contributed by atoms with E-state index in [0.29, 0.717) is 6.54 Å². The highest BCUT2D eigenvalue weighted by molar-refractivity contribution is 5.84. The van der Waals surface area contributed by atoms with Gasteiger partial charge >= 0.3 is 0 Å². The van der Waals surface area contributed by atoms with Gasteiger partial charge in [0.2, 0.25) is 5.91 Å². The van der Waals surface area contributed by atoms with Crippen LogP contribution < -0.4 is 5.32 Å². The Morgan fingerprint density at radius 1 is 1.10 bits per heavy atom. The molecule has 0 saturated heterocycles. The number of hydrogen-bond donors (Lipinski definition) is 1. The van der Waals surface area contributed by atoms with Gasteiger partial charge in [-0.05, 0) is 12.0 Å². The lowest BCUT2D eigenvalue weighted by Gasteiger charge is -2.22. The van der Waals surface area contributed by atoms with E-state index in [0.717, 1.165) is 12.4 Å². The van der Waals surface area contributed by atoms with Crippen molar-refractivity contribution >= 4 is 11.9 Å². The fourth-order valence-electron chi connectivity index (χ4n) is 1.87. The van der Waals surface area contributed by atoms with Crippen LogP contribution in [0.5, 0.6) is 0 Å². The summed E-state index contributed by atoms with van der Waals surface area (Å²) >= 11 is 0. The van der Waals surface area contributed by atoms with Gasteiger partial charge < -0.3 is 15.1 Å². The summed E-state index contributed by atoms with van der Waals surface area (Å²) in [4.78, 5) is 19.8. The summed E-state index contributed by atoms with van der Waals surface area (Å²) in [6.07, 6.45) is 0.838. The van der Waals surface area contributed by atoms with Crippen molar-refractivity contribution in [3.63, 3.8) is 0 Å². The molecule has 0 atom stereocenters. The Kier molecular flexibility index (Phi) is 6.56. The Bertz CT molecular complexity index is 430. The number of guanidine groups is 1. The predicted molar refractivity (Wildman–Crippen MR) is 82.8 cm³/mol. The first-order chi connectivity index (χ1) is 9.50. The van der Waals surface area contributed by atoms with E-state index in [4.69, 9.17) is 0 Å². The average Bonchev–Trinajstić information content (AvgIpc) is 2.39. The molecule has 0 fully saturated rings. The summed E-state index contributed by atoms with van der Waals surface area (Å²) in [5.41, 5.74) is 1.22. The Labute approximate surface area is 121 Å². The van der Waals surface area contributed by atoms with E-state index >= 15 is 0 Å². The van der Waals surface area contributed by atoms with Gasteiger partial charge in [-0.25, -0.2) is 4.99 Å². The van der Waals surface area contributed by atoms with Gasteiger partial charge in [-0.2, -0.15) is 0 Å². The number of nitrogens with zero attached hydrogens (tertiary/aromatic N) is 3. The molecular weight excluding hydrogens is 252 g/mol. The molecule has 0 spiro atoms. The molecule has 1 N–H and O–H groups in total. The van der Waals surface area contributed by atoms with Crippen LogP contribution in [0.2, 0.25) is 0 Å². The average molecular weight is 276 g/mol. The zero-order valence-electron chi connectivity index (χ0n) is 12.8. The predicted octanol–water partition coefficient (Wildman–Crippen LogP) is 0.825. The van der Waals surface area contributed by atoms with Crippen molar-refractivity contribution in [2.45, 2.75) is 6.42 Å². The molecule has 0 aromatic heterocycles. The monoisotopic (exact) mass is 276 g/mol. The molecule has 0 radical (unpaired) electrons. The molecule has 110 valence electrons. The van der Waals surface area contributed by atoms with E-state index in [9.17, 15) is 4.79 Å². The Morgan fingerprint density at radius 3 is 2.25 bits per heavy atom. The van der Waals surface area contributed by atoms with Crippen molar-refractivity contribution in [2.75, 3.05) is 41.3 Å². The van der Waals surface area contributed by atoms with Crippen molar-refractivity contribution in [2.24, 2.45) is 4.99 Å². The molecule has 0 unspecified atom stereocenters. The van der Waals surface area contributed by atoms with Crippen LogP contribution in [0.15, 0.2) is 35.3 Å². The van der Waals surface area contributed by atoms with Gasteiger partial charge in [0.1, 0.15) is 6.54 Å². The van der Waals surface area contributed by atoms with Gasteiger partial charge in [-0.1, -0.05) is 30.3 Å². The molecule has 1 aromatic carbocycles. The van der Waals surface area contributed by atoms with Crippen LogP contribution in [0.3, 0.4) is 0 Å². The van der Waals surface area contributed by atoms with E-state index in [2.05, 4.69) is 22.4 Å². The zero-order valence-corrected chi connectivity index (χ0v) is 12.8. The maximum Gasteiger partial charge on any atom is 0.241 e. The molecule has 0 aliphatic carbocycles. The second kappa shape index (κ2) is 8.19. The van der Waals surface area contributed by atoms with Crippen molar-refractivity contribution in [1.82, 2.24) is 15.1 Å². The highest BCUT2D eigenvalue weighted by atomic mass is 16.1. The molecule has 0 aliphatic heterocycles. The largest absolute Gasteiger partial charge is 0.354 e. The van der Waals surface area contributed by atoms with Crippen LogP contribution in [0.1, 0.15) is 5.56 Å². The van der Waals surface area contributed by atoms with Crippen LogP contribution in [-0.4, -0.2) is 62.9 Å². The van der Waals surface area contributed by atoms with Gasteiger partial charge in [-0.15, -0.1) is 0 Å². The summed E-state index contributed by atoms with van der Waals surface area (Å²) in [6.45, 7) is 0.790. The molecule has 1 aromatic rings. The Morgan fingerprint density at radius 2 is 1.70 bits per heavy atom. The topological polar surface area (TPSA) is 47.9 Å². The summed E-state index contributed by atoms with van der Waals surface area (Å²) in [6, 6.07) is 10.1. The molecule has 5 nitrogen and oxygen atoms in total. The minimum atomic E-state index is -0.0536. The van der Waals surface area contributed by atoms with Gasteiger partial charge in [-0.3, -0.25) is 4.79 Å². The van der Waals surface area contributed by atoms with E-state index in [1.165, 1.54) is 5.56 Å². The first kappa shape index (κ1) is 16.0. The lowest BCUT2D eigenvalue weighted by atomic mass is 10.1.